The van der Waals surface area contributed by atoms with Gasteiger partial charge < -0.3 is 14.2 Å². The molecule has 0 N–H and O–H groups in total. The number of hydrogen-bond acceptors (Lipinski definition) is 6. The highest BCUT2D eigenvalue weighted by atomic mass is 35.5. The summed E-state index contributed by atoms with van der Waals surface area (Å²) in [5, 5.41) is 1.21. The van der Waals surface area contributed by atoms with Crippen molar-refractivity contribution >= 4 is 28.3 Å². The zero-order valence-corrected chi connectivity index (χ0v) is 18.7. The Labute approximate surface area is 190 Å². The lowest BCUT2D eigenvalue weighted by molar-refractivity contribution is -0.125. The van der Waals surface area contributed by atoms with Crippen LogP contribution in [0.15, 0.2) is 48.4 Å². The van der Waals surface area contributed by atoms with Gasteiger partial charge in [-0.2, -0.15) is 0 Å². The molecule has 1 aliphatic heterocycles. The summed E-state index contributed by atoms with van der Waals surface area (Å²) in [6, 6.07) is 3.88. The molecule has 0 saturated heterocycles. The van der Waals surface area contributed by atoms with E-state index < -0.39 is 5.79 Å². The van der Waals surface area contributed by atoms with E-state index in [1.54, 1.807) is 0 Å². The Balaban J connectivity index is 1.34. The minimum Gasteiger partial charge on any atom is -0.492 e. The van der Waals surface area contributed by atoms with Crippen LogP contribution in [0.5, 0.6) is 5.75 Å². The number of pyridine rings is 1. The first-order valence-electron chi connectivity index (χ1n) is 10.9. The third-order valence-electron chi connectivity index (χ3n) is 6.16. The lowest BCUT2D eigenvalue weighted by Gasteiger charge is -2.23. The quantitative estimate of drug-likeness (QED) is 0.526. The molecule has 0 saturated carbocycles. The average Bonchev–Trinajstić information content (AvgIpc) is 3.44. The monoisotopic (exact) mass is 450 g/mol. The van der Waals surface area contributed by atoms with Gasteiger partial charge >= 0.3 is 0 Å². The predicted molar refractivity (Wildman–Crippen MR) is 120 cm³/mol. The van der Waals surface area contributed by atoms with E-state index in [0.717, 1.165) is 46.8 Å². The molecule has 0 spiro atoms. The second-order valence-corrected chi connectivity index (χ2v) is 9.15. The summed E-state index contributed by atoms with van der Waals surface area (Å²) in [5.74, 6) is 1.60. The van der Waals surface area contributed by atoms with E-state index in [1.807, 2.05) is 42.9 Å². The van der Waals surface area contributed by atoms with Crippen molar-refractivity contribution < 1.29 is 14.2 Å². The molecule has 0 unspecified atom stereocenters. The lowest BCUT2D eigenvalue weighted by Crippen LogP contribution is -2.24. The van der Waals surface area contributed by atoms with Crippen LogP contribution in [0.25, 0.3) is 16.7 Å². The molecule has 0 fully saturated rings. The zero-order chi connectivity index (χ0) is 21.9. The van der Waals surface area contributed by atoms with E-state index in [4.69, 9.17) is 25.8 Å². The van der Waals surface area contributed by atoms with Gasteiger partial charge in [0.25, 0.3) is 0 Å². The maximum absolute atomic E-state index is 6.33. The van der Waals surface area contributed by atoms with Crippen molar-refractivity contribution in [1.82, 2.24) is 19.5 Å². The number of halogens is 1. The molecule has 3 aromatic heterocycles. The van der Waals surface area contributed by atoms with Gasteiger partial charge in [0, 0.05) is 37.5 Å². The molecule has 7 nitrogen and oxygen atoms in total. The standard InChI is InChI=1S/C24H23ClN4O3/c1-24(2)31-20-14(12-30-19-7-9-26-17-6-4-3-5-15(17)19)11-18(21(20)32-24)29-10-8-16-22(25)27-13-28-23(16)29/h7-11,13-14H,3-6,12H2,1-2H3/t14-/m1/s1. The summed E-state index contributed by atoms with van der Waals surface area (Å²) in [4.78, 5) is 13.1. The van der Waals surface area contributed by atoms with Crippen LogP contribution >= 0.6 is 11.6 Å². The topological polar surface area (TPSA) is 71.3 Å². The summed E-state index contributed by atoms with van der Waals surface area (Å²) in [6.45, 7) is 4.27. The van der Waals surface area contributed by atoms with E-state index in [2.05, 4.69) is 21.0 Å². The van der Waals surface area contributed by atoms with Crippen LogP contribution in [0.2, 0.25) is 5.15 Å². The third-order valence-corrected chi connectivity index (χ3v) is 6.46. The fourth-order valence-electron chi connectivity index (χ4n) is 4.73. The van der Waals surface area contributed by atoms with Gasteiger partial charge in [0.15, 0.2) is 11.5 Å². The molecule has 1 atom stereocenters. The Morgan fingerprint density at radius 3 is 2.94 bits per heavy atom. The van der Waals surface area contributed by atoms with Crippen molar-refractivity contribution in [1.29, 1.82) is 0 Å². The first-order chi connectivity index (χ1) is 15.5. The van der Waals surface area contributed by atoms with Crippen LogP contribution in [0.3, 0.4) is 0 Å². The largest absolute Gasteiger partial charge is 0.492 e. The van der Waals surface area contributed by atoms with Crippen LogP contribution in [-0.4, -0.2) is 31.9 Å². The number of nitrogens with zero attached hydrogens (tertiary/aromatic N) is 4. The maximum Gasteiger partial charge on any atom is 0.245 e. The Bertz CT molecular complexity index is 1290. The van der Waals surface area contributed by atoms with Crippen molar-refractivity contribution in [3.8, 4) is 5.75 Å². The molecule has 8 heteroatoms. The molecule has 3 aromatic rings. The van der Waals surface area contributed by atoms with Gasteiger partial charge in [-0.05, 0) is 43.9 Å². The highest BCUT2D eigenvalue weighted by Gasteiger charge is 2.43. The molecule has 6 rings (SSSR count). The van der Waals surface area contributed by atoms with E-state index in [0.29, 0.717) is 17.5 Å². The molecule has 0 amide bonds. The van der Waals surface area contributed by atoms with Crippen molar-refractivity contribution in [2.45, 2.75) is 45.3 Å². The van der Waals surface area contributed by atoms with Crippen LogP contribution in [-0.2, 0) is 22.3 Å². The fraction of sp³-hybridized carbons (Fsp3) is 0.375. The fourth-order valence-corrected chi connectivity index (χ4v) is 4.92. The number of rotatable bonds is 4. The second-order valence-electron chi connectivity index (χ2n) is 8.80. The highest BCUT2D eigenvalue weighted by Crippen LogP contribution is 2.46. The number of hydrogen-bond donors (Lipinski definition) is 0. The SMILES string of the molecule is CC1(C)OC2=C(O1)[C@@H](COc1ccnc3c1CCCC3)C=C2n1ccc2c(Cl)ncnc21. The summed E-state index contributed by atoms with van der Waals surface area (Å²) in [5.41, 5.74) is 4.00. The van der Waals surface area contributed by atoms with Gasteiger partial charge in [-0.1, -0.05) is 11.6 Å². The van der Waals surface area contributed by atoms with E-state index in [9.17, 15) is 0 Å². The lowest BCUT2D eigenvalue weighted by atomic mass is 9.95. The van der Waals surface area contributed by atoms with Crippen LogP contribution < -0.4 is 4.74 Å². The summed E-state index contributed by atoms with van der Waals surface area (Å²) in [6.07, 6.45) is 11.7. The summed E-state index contributed by atoms with van der Waals surface area (Å²) >= 11 is 6.26. The Hall–Kier alpha value is -3.06. The van der Waals surface area contributed by atoms with Crippen LogP contribution in [0.4, 0.5) is 0 Å². The molecular formula is C24H23ClN4O3. The smallest absolute Gasteiger partial charge is 0.245 e. The van der Waals surface area contributed by atoms with Crippen LogP contribution in [0, 0.1) is 5.92 Å². The molecule has 164 valence electrons. The Kier molecular flexibility index (Phi) is 4.43. The minimum absolute atomic E-state index is 0.0797. The maximum atomic E-state index is 6.33. The van der Waals surface area contributed by atoms with E-state index >= 15 is 0 Å². The van der Waals surface area contributed by atoms with Crippen molar-refractivity contribution in [2.75, 3.05) is 6.61 Å². The third kappa shape index (κ3) is 3.14. The van der Waals surface area contributed by atoms with Crippen molar-refractivity contribution in [3.63, 3.8) is 0 Å². The highest BCUT2D eigenvalue weighted by molar-refractivity contribution is 6.34. The van der Waals surface area contributed by atoms with Crippen molar-refractivity contribution in [2.24, 2.45) is 5.92 Å². The number of allylic oxidation sites excluding steroid dienone is 1. The molecular weight excluding hydrogens is 428 g/mol. The predicted octanol–water partition coefficient (Wildman–Crippen LogP) is 4.90. The van der Waals surface area contributed by atoms with Gasteiger partial charge in [0.1, 0.15) is 29.5 Å². The molecule has 0 bridgehead atoms. The normalized spacial score (nSPS) is 21.1. The summed E-state index contributed by atoms with van der Waals surface area (Å²) in [7, 11) is 0. The first kappa shape index (κ1) is 19.6. The van der Waals surface area contributed by atoms with E-state index in [1.165, 1.54) is 24.7 Å². The molecule has 0 radical (unpaired) electrons. The molecule has 4 heterocycles. The number of fused-ring (bicyclic) bond motifs is 2. The van der Waals surface area contributed by atoms with Crippen LogP contribution in [0.1, 0.15) is 37.9 Å². The zero-order valence-electron chi connectivity index (χ0n) is 18.0. The van der Waals surface area contributed by atoms with Gasteiger partial charge in [-0.3, -0.25) is 9.55 Å². The van der Waals surface area contributed by atoms with Gasteiger partial charge in [-0.25, -0.2) is 9.97 Å². The number of ether oxygens (including phenoxy) is 3. The van der Waals surface area contributed by atoms with Gasteiger partial charge in [-0.15, -0.1) is 0 Å². The molecule has 0 aromatic carbocycles. The number of aromatic nitrogens is 4. The molecule has 32 heavy (non-hydrogen) atoms. The Morgan fingerprint density at radius 2 is 2.03 bits per heavy atom. The summed E-state index contributed by atoms with van der Waals surface area (Å²) < 4.78 is 20.7. The molecule has 2 aliphatic carbocycles. The van der Waals surface area contributed by atoms with E-state index in [-0.39, 0.29) is 5.92 Å². The van der Waals surface area contributed by atoms with Gasteiger partial charge in [0.2, 0.25) is 5.79 Å². The Morgan fingerprint density at radius 1 is 1.16 bits per heavy atom. The second kappa shape index (κ2) is 7.24. The van der Waals surface area contributed by atoms with Crippen molar-refractivity contribution in [3.05, 3.63) is 64.9 Å². The minimum atomic E-state index is -0.742. The average molecular weight is 451 g/mol. The van der Waals surface area contributed by atoms with Gasteiger partial charge in [0.05, 0.1) is 17.0 Å². The first-order valence-corrected chi connectivity index (χ1v) is 11.3. The number of aryl methyl sites for hydroxylation is 1. The molecule has 3 aliphatic rings.